The number of aromatic nitrogens is 1. The Kier molecular flexibility index (Phi) is 6.69. The Bertz CT molecular complexity index is 852. The van der Waals surface area contributed by atoms with Gasteiger partial charge < -0.3 is 9.64 Å². The van der Waals surface area contributed by atoms with Crippen LogP contribution in [0.2, 0.25) is 0 Å². The van der Waals surface area contributed by atoms with E-state index in [1.807, 2.05) is 39.0 Å². The van der Waals surface area contributed by atoms with Crippen LogP contribution in [0.5, 0.6) is 0 Å². The Balaban J connectivity index is 1.75. The van der Waals surface area contributed by atoms with Crippen LogP contribution in [-0.2, 0) is 14.8 Å². The zero-order valence-electron chi connectivity index (χ0n) is 16.7. The molecule has 1 saturated heterocycles. The van der Waals surface area contributed by atoms with E-state index in [4.69, 9.17) is 4.74 Å². The number of ether oxygens (including phenoxy) is 1. The molecule has 152 valence electrons. The molecule has 0 amide bonds. The number of benzene rings is 1. The molecule has 0 spiro atoms. The van der Waals surface area contributed by atoms with Gasteiger partial charge in [-0.3, -0.25) is 0 Å². The van der Waals surface area contributed by atoms with Crippen LogP contribution in [0.3, 0.4) is 0 Å². The maximum atomic E-state index is 12.6. The van der Waals surface area contributed by atoms with Crippen molar-refractivity contribution >= 4 is 15.8 Å². The zero-order chi connectivity index (χ0) is 20.1. The van der Waals surface area contributed by atoms with E-state index in [2.05, 4.69) is 26.7 Å². The minimum absolute atomic E-state index is 0.0355. The molecule has 2 atom stereocenters. The van der Waals surface area contributed by atoms with Gasteiger partial charge in [-0.15, -0.1) is 0 Å². The van der Waals surface area contributed by atoms with Crippen LogP contribution in [0.1, 0.15) is 45.3 Å². The van der Waals surface area contributed by atoms with Gasteiger partial charge in [-0.2, -0.15) is 0 Å². The summed E-state index contributed by atoms with van der Waals surface area (Å²) in [4.78, 5) is 6.79. The van der Waals surface area contributed by atoms with E-state index in [1.54, 1.807) is 12.1 Å². The lowest BCUT2D eigenvalue weighted by molar-refractivity contribution is -0.0176. The maximum absolute atomic E-state index is 12.6. The molecule has 0 aliphatic carbocycles. The molecule has 7 heteroatoms. The molecule has 0 radical (unpaired) electrons. The van der Waals surface area contributed by atoms with Gasteiger partial charge in [-0.1, -0.05) is 44.2 Å². The Morgan fingerprint density at radius 2 is 1.86 bits per heavy atom. The van der Waals surface area contributed by atoms with Crippen LogP contribution in [0.15, 0.2) is 53.6 Å². The lowest BCUT2D eigenvalue weighted by atomic mass is 10.1. The van der Waals surface area contributed by atoms with Crippen molar-refractivity contribution < 1.29 is 13.2 Å². The van der Waals surface area contributed by atoms with Crippen LogP contribution in [0.4, 0.5) is 5.82 Å². The summed E-state index contributed by atoms with van der Waals surface area (Å²) in [6, 6.07) is 13.5. The molecule has 1 aliphatic rings. The number of hydrogen-bond donors (Lipinski definition) is 1. The maximum Gasteiger partial charge on any atom is 0.242 e. The summed E-state index contributed by atoms with van der Waals surface area (Å²) < 4.78 is 33.9. The number of nitrogens with one attached hydrogen (secondary N) is 1. The van der Waals surface area contributed by atoms with Gasteiger partial charge in [0.1, 0.15) is 16.8 Å². The molecule has 1 aliphatic heterocycles. The summed E-state index contributed by atoms with van der Waals surface area (Å²) in [6.07, 6.45) is 2.98. The van der Waals surface area contributed by atoms with Gasteiger partial charge in [-0.25, -0.2) is 18.1 Å². The minimum atomic E-state index is -3.55. The fourth-order valence-electron chi connectivity index (χ4n) is 3.45. The molecule has 28 heavy (non-hydrogen) atoms. The highest BCUT2D eigenvalue weighted by Crippen LogP contribution is 2.28. The van der Waals surface area contributed by atoms with Crippen LogP contribution < -0.4 is 9.62 Å². The van der Waals surface area contributed by atoms with E-state index in [0.29, 0.717) is 13.1 Å². The van der Waals surface area contributed by atoms with Crippen molar-refractivity contribution in [3.63, 3.8) is 0 Å². The van der Waals surface area contributed by atoms with Gasteiger partial charge in [-0.05, 0) is 37.5 Å². The molecule has 1 fully saturated rings. The molecule has 1 aromatic heterocycles. The number of anilines is 1. The average Bonchev–Trinajstić information content (AvgIpc) is 2.72. The third-order valence-corrected chi connectivity index (χ3v) is 6.60. The largest absolute Gasteiger partial charge is 0.367 e. The smallest absolute Gasteiger partial charge is 0.242 e. The fourth-order valence-corrected chi connectivity index (χ4v) is 4.80. The molecule has 0 bridgehead atoms. The van der Waals surface area contributed by atoms with E-state index in [-0.39, 0.29) is 23.1 Å². The summed E-state index contributed by atoms with van der Waals surface area (Å²) in [5.41, 5.74) is 1.13. The van der Waals surface area contributed by atoms with E-state index in [1.165, 1.54) is 6.20 Å². The van der Waals surface area contributed by atoms with Crippen LogP contribution >= 0.6 is 0 Å². The van der Waals surface area contributed by atoms with Crippen molar-refractivity contribution in [1.82, 2.24) is 9.71 Å². The quantitative estimate of drug-likeness (QED) is 0.766. The SMILES string of the molecule is CCC(CC)NS(=O)(=O)c1ccc(N2CC(C)OC(c3ccccc3)C2)nc1. The Morgan fingerprint density at radius 3 is 2.46 bits per heavy atom. The number of rotatable bonds is 7. The van der Waals surface area contributed by atoms with Crippen LogP contribution in [0.25, 0.3) is 0 Å². The Labute approximate surface area is 168 Å². The Hall–Kier alpha value is -1.96. The highest BCUT2D eigenvalue weighted by atomic mass is 32.2. The number of morpholine rings is 1. The lowest BCUT2D eigenvalue weighted by Crippen LogP contribution is -2.43. The minimum Gasteiger partial charge on any atom is -0.367 e. The predicted molar refractivity (Wildman–Crippen MR) is 111 cm³/mol. The summed E-state index contributed by atoms with van der Waals surface area (Å²) in [7, 11) is -3.55. The molecular weight excluding hydrogens is 374 g/mol. The first-order valence-corrected chi connectivity index (χ1v) is 11.3. The van der Waals surface area contributed by atoms with Gasteiger partial charge in [0.15, 0.2) is 0 Å². The highest BCUT2D eigenvalue weighted by molar-refractivity contribution is 7.89. The fraction of sp³-hybridized carbons (Fsp3) is 0.476. The van der Waals surface area contributed by atoms with Crippen molar-refractivity contribution in [1.29, 1.82) is 0 Å². The van der Waals surface area contributed by atoms with Crippen molar-refractivity contribution in [2.75, 3.05) is 18.0 Å². The van der Waals surface area contributed by atoms with Crippen molar-refractivity contribution in [2.45, 2.75) is 56.8 Å². The molecule has 6 nitrogen and oxygen atoms in total. The molecule has 2 unspecified atom stereocenters. The van der Waals surface area contributed by atoms with E-state index >= 15 is 0 Å². The number of pyridine rings is 1. The van der Waals surface area contributed by atoms with Gasteiger partial charge >= 0.3 is 0 Å². The summed E-state index contributed by atoms with van der Waals surface area (Å²) in [6.45, 7) is 7.38. The molecule has 0 saturated carbocycles. The average molecular weight is 404 g/mol. The van der Waals surface area contributed by atoms with Crippen molar-refractivity contribution in [3.8, 4) is 0 Å². The van der Waals surface area contributed by atoms with Gasteiger partial charge in [0, 0.05) is 25.3 Å². The molecule has 1 N–H and O–H groups in total. The lowest BCUT2D eigenvalue weighted by Gasteiger charge is -2.37. The van der Waals surface area contributed by atoms with Crippen molar-refractivity contribution in [3.05, 3.63) is 54.2 Å². The second-order valence-corrected chi connectivity index (χ2v) is 8.95. The van der Waals surface area contributed by atoms with Gasteiger partial charge in [0.25, 0.3) is 0 Å². The summed E-state index contributed by atoms with van der Waals surface area (Å²) in [5, 5.41) is 0. The van der Waals surface area contributed by atoms with E-state index < -0.39 is 10.0 Å². The number of hydrogen-bond acceptors (Lipinski definition) is 5. The summed E-state index contributed by atoms with van der Waals surface area (Å²) >= 11 is 0. The second-order valence-electron chi connectivity index (χ2n) is 7.24. The molecule has 3 rings (SSSR count). The number of nitrogens with zero attached hydrogens (tertiary/aromatic N) is 2. The third-order valence-electron chi connectivity index (χ3n) is 5.09. The first kappa shape index (κ1) is 20.8. The first-order valence-electron chi connectivity index (χ1n) is 9.86. The standard InChI is InChI=1S/C21H29N3O3S/c1-4-18(5-2)23-28(25,26)19-11-12-21(22-13-19)24-14-16(3)27-20(15-24)17-9-7-6-8-10-17/h6-13,16,18,20,23H,4-5,14-15H2,1-3H3. The molecule has 2 heterocycles. The third kappa shape index (κ3) is 4.90. The second kappa shape index (κ2) is 9.03. The van der Waals surface area contributed by atoms with Crippen molar-refractivity contribution in [2.24, 2.45) is 0 Å². The zero-order valence-corrected chi connectivity index (χ0v) is 17.5. The highest BCUT2D eigenvalue weighted by Gasteiger charge is 2.27. The topological polar surface area (TPSA) is 71.5 Å². The van der Waals surface area contributed by atoms with Gasteiger partial charge in [0.2, 0.25) is 10.0 Å². The monoisotopic (exact) mass is 403 g/mol. The number of sulfonamides is 1. The Morgan fingerprint density at radius 1 is 1.14 bits per heavy atom. The van der Waals surface area contributed by atoms with Crippen LogP contribution in [-0.4, -0.2) is 38.6 Å². The molecular formula is C21H29N3O3S. The van der Waals surface area contributed by atoms with Gasteiger partial charge in [0.05, 0.1) is 6.10 Å². The molecule has 1 aromatic carbocycles. The normalized spacial score (nSPS) is 20.5. The van der Waals surface area contributed by atoms with Crippen LogP contribution in [0, 0.1) is 0 Å². The van der Waals surface area contributed by atoms with E-state index in [9.17, 15) is 8.42 Å². The molecule has 2 aromatic rings. The predicted octanol–water partition coefficient (Wildman–Crippen LogP) is 3.51. The first-order chi connectivity index (χ1) is 13.4. The summed E-state index contributed by atoms with van der Waals surface area (Å²) in [5.74, 6) is 0.762. The van der Waals surface area contributed by atoms with E-state index in [0.717, 1.165) is 24.2 Å².